The third-order valence-corrected chi connectivity index (χ3v) is 4.94. The number of carbonyl (C=O) groups excluding carboxylic acids is 2. The van der Waals surface area contributed by atoms with Crippen LogP contribution in [0.3, 0.4) is 0 Å². The summed E-state index contributed by atoms with van der Waals surface area (Å²) in [5, 5.41) is 2.68. The van der Waals surface area contributed by atoms with Gasteiger partial charge in [-0.25, -0.2) is 0 Å². The predicted molar refractivity (Wildman–Crippen MR) is 77.9 cm³/mol. The Morgan fingerprint density at radius 3 is 2.60 bits per heavy atom. The molecular formula is C15H27N3O2. The van der Waals surface area contributed by atoms with E-state index in [-0.39, 0.29) is 29.8 Å². The number of nitrogens with two attached hydrogens (primary N) is 1. The van der Waals surface area contributed by atoms with Crippen molar-refractivity contribution in [2.45, 2.75) is 57.5 Å². The molecule has 2 fully saturated rings. The number of rotatable bonds is 2. The van der Waals surface area contributed by atoms with E-state index >= 15 is 0 Å². The zero-order chi connectivity index (χ0) is 14.7. The fourth-order valence-electron chi connectivity index (χ4n) is 3.45. The second-order valence-corrected chi connectivity index (χ2v) is 6.31. The number of hydrogen-bond donors (Lipinski definition) is 2. The third kappa shape index (κ3) is 3.14. The van der Waals surface area contributed by atoms with Gasteiger partial charge >= 0.3 is 0 Å². The summed E-state index contributed by atoms with van der Waals surface area (Å²) < 4.78 is 0. The minimum absolute atomic E-state index is 0.00598. The average molecular weight is 281 g/mol. The smallest absolute Gasteiger partial charge is 0.242 e. The van der Waals surface area contributed by atoms with Crippen LogP contribution in [-0.2, 0) is 9.59 Å². The van der Waals surface area contributed by atoms with E-state index in [9.17, 15) is 9.59 Å². The zero-order valence-electron chi connectivity index (χ0n) is 12.6. The number of likely N-dealkylation sites (tertiary alicyclic amines) is 1. The summed E-state index contributed by atoms with van der Waals surface area (Å²) in [7, 11) is 1.64. The van der Waals surface area contributed by atoms with E-state index in [1.165, 1.54) is 0 Å². The van der Waals surface area contributed by atoms with Gasteiger partial charge < -0.3 is 16.0 Å². The van der Waals surface area contributed by atoms with Gasteiger partial charge in [0.05, 0.1) is 0 Å². The molecule has 1 aliphatic heterocycles. The summed E-state index contributed by atoms with van der Waals surface area (Å²) in [6, 6.07) is -0.169. The van der Waals surface area contributed by atoms with Gasteiger partial charge in [0, 0.05) is 25.6 Å². The lowest BCUT2D eigenvalue weighted by atomic mass is 9.78. The summed E-state index contributed by atoms with van der Waals surface area (Å²) in [4.78, 5) is 26.5. The van der Waals surface area contributed by atoms with Crippen LogP contribution >= 0.6 is 0 Å². The van der Waals surface area contributed by atoms with Crippen LogP contribution in [0, 0.1) is 11.8 Å². The van der Waals surface area contributed by atoms with Crippen LogP contribution in [0.1, 0.15) is 45.4 Å². The molecule has 0 radical (unpaired) electrons. The van der Waals surface area contributed by atoms with Gasteiger partial charge in [0.25, 0.3) is 0 Å². The molecule has 114 valence electrons. The van der Waals surface area contributed by atoms with E-state index in [0.29, 0.717) is 12.5 Å². The van der Waals surface area contributed by atoms with Gasteiger partial charge in [0.2, 0.25) is 11.8 Å². The Kier molecular flexibility index (Phi) is 5.02. The second-order valence-electron chi connectivity index (χ2n) is 6.31. The predicted octanol–water partition coefficient (Wildman–Crippen LogP) is 0.877. The zero-order valence-corrected chi connectivity index (χ0v) is 12.6. The summed E-state index contributed by atoms with van der Waals surface area (Å²) in [5.41, 5.74) is 6.11. The first-order valence-corrected chi connectivity index (χ1v) is 7.82. The fraction of sp³-hybridized carbons (Fsp3) is 0.867. The fourth-order valence-corrected chi connectivity index (χ4v) is 3.45. The highest BCUT2D eigenvalue weighted by Crippen LogP contribution is 2.31. The molecule has 4 atom stereocenters. The molecule has 0 aromatic rings. The lowest BCUT2D eigenvalue weighted by Gasteiger charge is -2.39. The van der Waals surface area contributed by atoms with Crippen molar-refractivity contribution in [2.75, 3.05) is 13.6 Å². The van der Waals surface area contributed by atoms with Crippen LogP contribution in [0.15, 0.2) is 0 Å². The van der Waals surface area contributed by atoms with E-state index in [1.54, 1.807) is 11.9 Å². The third-order valence-electron chi connectivity index (χ3n) is 4.94. The number of nitrogens with one attached hydrogen (secondary N) is 1. The monoisotopic (exact) mass is 281 g/mol. The van der Waals surface area contributed by atoms with Crippen molar-refractivity contribution in [2.24, 2.45) is 17.6 Å². The van der Waals surface area contributed by atoms with Crippen molar-refractivity contribution in [1.82, 2.24) is 10.2 Å². The van der Waals surface area contributed by atoms with Crippen LogP contribution in [0.25, 0.3) is 0 Å². The normalized spacial score (nSPS) is 34.6. The van der Waals surface area contributed by atoms with Crippen molar-refractivity contribution in [3.63, 3.8) is 0 Å². The Morgan fingerprint density at radius 1 is 1.20 bits per heavy atom. The highest BCUT2D eigenvalue weighted by atomic mass is 16.2. The number of amides is 2. The van der Waals surface area contributed by atoms with Crippen molar-refractivity contribution < 1.29 is 9.59 Å². The summed E-state index contributed by atoms with van der Waals surface area (Å²) in [5.74, 6) is 0.605. The van der Waals surface area contributed by atoms with Gasteiger partial charge in [-0.05, 0) is 44.4 Å². The van der Waals surface area contributed by atoms with Crippen molar-refractivity contribution in [3.05, 3.63) is 0 Å². The van der Waals surface area contributed by atoms with Gasteiger partial charge in [-0.15, -0.1) is 0 Å². The SMILES string of the molecule is CNC(=O)C1CCCCN1C(=O)C1CCC(C)C(N)C1. The molecule has 4 unspecified atom stereocenters. The number of piperidine rings is 1. The van der Waals surface area contributed by atoms with Crippen LogP contribution in [0.4, 0.5) is 0 Å². The van der Waals surface area contributed by atoms with Crippen molar-refractivity contribution >= 4 is 11.8 Å². The van der Waals surface area contributed by atoms with Gasteiger partial charge in [0.15, 0.2) is 0 Å². The molecule has 5 heteroatoms. The van der Waals surface area contributed by atoms with E-state index in [0.717, 1.165) is 38.5 Å². The second kappa shape index (κ2) is 6.57. The topological polar surface area (TPSA) is 75.4 Å². The Bertz CT molecular complexity index is 372. The molecule has 0 aromatic heterocycles. The van der Waals surface area contributed by atoms with Crippen LogP contribution in [-0.4, -0.2) is 42.4 Å². The van der Waals surface area contributed by atoms with Gasteiger partial charge in [-0.2, -0.15) is 0 Å². The number of hydrogen-bond acceptors (Lipinski definition) is 3. The maximum atomic E-state index is 12.7. The molecule has 0 aromatic carbocycles. The largest absolute Gasteiger partial charge is 0.357 e. The molecule has 1 saturated heterocycles. The summed E-state index contributed by atoms with van der Waals surface area (Å²) in [6.45, 7) is 2.86. The number of nitrogens with zero attached hydrogens (tertiary/aromatic N) is 1. The van der Waals surface area contributed by atoms with Gasteiger partial charge in [0.1, 0.15) is 6.04 Å². The molecule has 1 aliphatic carbocycles. The molecule has 1 heterocycles. The average Bonchev–Trinajstić information content (AvgIpc) is 2.48. The first-order valence-electron chi connectivity index (χ1n) is 7.82. The maximum Gasteiger partial charge on any atom is 0.242 e. The highest BCUT2D eigenvalue weighted by molar-refractivity contribution is 5.88. The molecule has 2 aliphatic rings. The molecule has 0 spiro atoms. The molecule has 1 saturated carbocycles. The van der Waals surface area contributed by atoms with Gasteiger partial charge in [-0.1, -0.05) is 6.92 Å². The van der Waals surface area contributed by atoms with E-state index in [2.05, 4.69) is 12.2 Å². The molecule has 5 nitrogen and oxygen atoms in total. The van der Waals surface area contributed by atoms with Crippen LogP contribution < -0.4 is 11.1 Å². The molecule has 2 amide bonds. The molecule has 3 N–H and O–H groups in total. The highest BCUT2D eigenvalue weighted by Gasteiger charge is 2.37. The van der Waals surface area contributed by atoms with E-state index in [4.69, 9.17) is 5.73 Å². The number of carbonyl (C=O) groups is 2. The van der Waals surface area contributed by atoms with Crippen LogP contribution in [0.5, 0.6) is 0 Å². The Morgan fingerprint density at radius 2 is 1.95 bits per heavy atom. The van der Waals surface area contributed by atoms with Crippen molar-refractivity contribution in [1.29, 1.82) is 0 Å². The molecule has 2 rings (SSSR count). The van der Waals surface area contributed by atoms with Crippen LogP contribution in [0.2, 0.25) is 0 Å². The lowest BCUT2D eigenvalue weighted by Crippen LogP contribution is -2.54. The first kappa shape index (κ1) is 15.3. The lowest BCUT2D eigenvalue weighted by molar-refractivity contribution is -0.146. The van der Waals surface area contributed by atoms with Crippen molar-refractivity contribution in [3.8, 4) is 0 Å². The molecular weight excluding hydrogens is 254 g/mol. The Balaban J connectivity index is 2.04. The standard InChI is InChI=1S/C15H27N3O2/c1-10-6-7-11(9-12(10)16)15(20)18-8-4-3-5-13(18)14(19)17-2/h10-13H,3-9,16H2,1-2H3,(H,17,19). The first-order chi connectivity index (χ1) is 9.54. The van der Waals surface area contributed by atoms with E-state index < -0.39 is 0 Å². The summed E-state index contributed by atoms with van der Waals surface area (Å²) >= 11 is 0. The minimum atomic E-state index is -0.281. The minimum Gasteiger partial charge on any atom is -0.357 e. The Hall–Kier alpha value is -1.10. The van der Waals surface area contributed by atoms with E-state index in [1.807, 2.05) is 0 Å². The molecule has 0 bridgehead atoms. The Labute approximate surface area is 121 Å². The van der Waals surface area contributed by atoms with Gasteiger partial charge in [-0.3, -0.25) is 9.59 Å². The number of likely N-dealkylation sites (N-methyl/N-ethyl adjacent to an activating group) is 1. The maximum absolute atomic E-state index is 12.7. The quantitative estimate of drug-likeness (QED) is 0.789. The summed E-state index contributed by atoms with van der Waals surface area (Å²) in [6.07, 6.45) is 5.47. The molecule has 20 heavy (non-hydrogen) atoms.